The summed E-state index contributed by atoms with van der Waals surface area (Å²) in [6.45, 7) is 5.39. The molecular weight excluding hydrogens is 332 g/mol. The van der Waals surface area contributed by atoms with Crippen molar-refractivity contribution in [2.75, 3.05) is 37.7 Å². The number of benzene rings is 1. The van der Waals surface area contributed by atoms with Gasteiger partial charge in [-0.1, -0.05) is 18.2 Å². The number of aromatic nitrogens is 2. The van der Waals surface area contributed by atoms with Crippen LogP contribution in [0.2, 0.25) is 0 Å². The van der Waals surface area contributed by atoms with Gasteiger partial charge in [-0.25, -0.2) is 14.8 Å². The first-order valence-corrected chi connectivity index (χ1v) is 8.96. The third-order valence-corrected chi connectivity index (χ3v) is 4.82. The maximum absolute atomic E-state index is 11.9. The van der Waals surface area contributed by atoms with Crippen LogP contribution in [0.3, 0.4) is 0 Å². The average Bonchev–Trinajstić information content (AvgIpc) is 2.87. The number of hydrogen-bond acceptors (Lipinski definition) is 6. The van der Waals surface area contributed by atoms with Crippen molar-refractivity contribution in [3.8, 4) is 5.75 Å². The lowest BCUT2D eigenvalue weighted by Gasteiger charge is -2.35. The molecule has 2 aromatic rings. The van der Waals surface area contributed by atoms with E-state index in [9.17, 15) is 4.79 Å². The highest BCUT2D eigenvalue weighted by atomic mass is 16.6. The molecule has 7 nitrogen and oxygen atoms in total. The molecule has 1 fully saturated rings. The van der Waals surface area contributed by atoms with Crippen LogP contribution < -0.4 is 9.64 Å². The summed E-state index contributed by atoms with van der Waals surface area (Å²) in [4.78, 5) is 24.9. The van der Waals surface area contributed by atoms with E-state index in [0.717, 1.165) is 47.9 Å². The minimum absolute atomic E-state index is 0.240. The molecule has 0 atom stereocenters. The summed E-state index contributed by atoms with van der Waals surface area (Å²) < 4.78 is 11.0. The highest BCUT2D eigenvalue weighted by Gasteiger charge is 2.26. The number of carbonyl (C=O) groups excluding carboxylic acids is 1. The van der Waals surface area contributed by atoms with Crippen molar-refractivity contribution in [3.63, 3.8) is 0 Å². The number of amides is 1. The number of anilines is 1. The van der Waals surface area contributed by atoms with E-state index in [0.29, 0.717) is 26.3 Å². The predicted molar refractivity (Wildman–Crippen MR) is 96.4 cm³/mol. The van der Waals surface area contributed by atoms with E-state index in [1.807, 2.05) is 25.1 Å². The summed E-state index contributed by atoms with van der Waals surface area (Å²) >= 11 is 0. The Morgan fingerprint density at radius 2 is 2.00 bits per heavy atom. The summed E-state index contributed by atoms with van der Waals surface area (Å²) in [6.07, 6.45) is 2.11. The van der Waals surface area contributed by atoms with Gasteiger partial charge in [-0.3, -0.25) is 0 Å². The zero-order chi connectivity index (χ0) is 17.9. The summed E-state index contributed by atoms with van der Waals surface area (Å²) in [5.74, 6) is 1.85. The van der Waals surface area contributed by atoms with E-state index in [1.165, 1.54) is 0 Å². The number of carbonyl (C=O) groups is 1. The summed E-state index contributed by atoms with van der Waals surface area (Å²) in [5.41, 5.74) is 3.19. The van der Waals surface area contributed by atoms with Gasteiger partial charge in [0, 0.05) is 38.2 Å². The van der Waals surface area contributed by atoms with E-state index in [1.54, 1.807) is 11.2 Å². The Morgan fingerprint density at radius 3 is 2.81 bits per heavy atom. The molecule has 26 heavy (non-hydrogen) atoms. The minimum Gasteiger partial charge on any atom is -0.487 e. The van der Waals surface area contributed by atoms with Gasteiger partial charge in [-0.15, -0.1) is 0 Å². The highest BCUT2D eigenvalue weighted by molar-refractivity contribution is 5.68. The smallest absolute Gasteiger partial charge is 0.409 e. The van der Waals surface area contributed by atoms with Gasteiger partial charge in [0.05, 0.1) is 12.3 Å². The second kappa shape index (κ2) is 7.19. The average molecular weight is 354 g/mol. The maximum Gasteiger partial charge on any atom is 0.409 e. The van der Waals surface area contributed by atoms with Crippen molar-refractivity contribution >= 4 is 11.9 Å². The van der Waals surface area contributed by atoms with E-state index < -0.39 is 0 Å². The first-order valence-electron chi connectivity index (χ1n) is 8.96. The number of hydrogen-bond donors (Lipinski definition) is 0. The Kier molecular flexibility index (Phi) is 4.60. The molecule has 1 amide bonds. The van der Waals surface area contributed by atoms with Crippen molar-refractivity contribution in [1.29, 1.82) is 0 Å². The molecule has 2 aliphatic heterocycles. The van der Waals surface area contributed by atoms with Crippen LogP contribution in [-0.4, -0.2) is 53.7 Å². The van der Waals surface area contributed by atoms with Crippen LogP contribution in [0.1, 0.15) is 23.7 Å². The van der Waals surface area contributed by atoms with Gasteiger partial charge < -0.3 is 19.3 Å². The largest absolute Gasteiger partial charge is 0.487 e. The lowest BCUT2D eigenvalue weighted by Crippen LogP contribution is -2.49. The van der Waals surface area contributed by atoms with Crippen LogP contribution in [0.25, 0.3) is 0 Å². The molecule has 0 spiro atoms. The molecule has 1 saturated heterocycles. The van der Waals surface area contributed by atoms with Crippen molar-refractivity contribution in [2.24, 2.45) is 0 Å². The van der Waals surface area contributed by atoms with E-state index in [4.69, 9.17) is 9.47 Å². The summed E-state index contributed by atoms with van der Waals surface area (Å²) in [5, 5.41) is 0. The van der Waals surface area contributed by atoms with Crippen LogP contribution in [0, 0.1) is 0 Å². The van der Waals surface area contributed by atoms with Gasteiger partial charge in [0.25, 0.3) is 0 Å². The minimum atomic E-state index is -0.240. The molecule has 0 saturated carbocycles. The predicted octanol–water partition coefficient (Wildman–Crippen LogP) is 2.24. The fourth-order valence-corrected chi connectivity index (χ4v) is 3.46. The molecule has 1 aromatic heterocycles. The zero-order valence-corrected chi connectivity index (χ0v) is 14.9. The molecule has 0 unspecified atom stereocenters. The van der Waals surface area contributed by atoms with Crippen LogP contribution in [0.5, 0.6) is 5.75 Å². The number of para-hydroxylation sites is 1. The Bertz CT molecular complexity index is 803. The molecular formula is C19H22N4O3. The Morgan fingerprint density at radius 1 is 1.19 bits per heavy atom. The molecule has 4 rings (SSSR count). The molecule has 3 heterocycles. The van der Waals surface area contributed by atoms with E-state index in [-0.39, 0.29) is 6.09 Å². The standard InChI is InChI=1S/C19H22N4O3/c1-2-25-19(24)23-9-7-22(8-10-23)18-15-11-14-5-3-4-6-17(14)26-12-16(15)20-13-21-18/h3-6,13H,2,7-12H2,1H3. The fourth-order valence-electron chi connectivity index (χ4n) is 3.46. The molecule has 1 aromatic carbocycles. The van der Waals surface area contributed by atoms with E-state index >= 15 is 0 Å². The second-order valence-corrected chi connectivity index (χ2v) is 6.37. The quantitative estimate of drug-likeness (QED) is 0.824. The SMILES string of the molecule is CCOC(=O)N1CCN(c2ncnc3c2Cc2ccccc2OC3)CC1. The number of piperazine rings is 1. The molecule has 0 aliphatic carbocycles. The van der Waals surface area contributed by atoms with Gasteiger partial charge in [-0.05, 0) is 18.6 Å². The van der Waals surface area contributed by atoms with Crippen molar-refractivity contribution < 1.29 is 14.3 Å². The van der Waals surface area contributed by atoms with Gasteiger partial charge in [-0.2, -0.15) is 0 Å². The second-order valence-electron chi connectivity index (χ2n) is 6.37. The number of rotatable bonds is 2. The lowest BCUT2D eigenvalue weighted by molar-refractivity contribution is 0.105. The molecule has 0 bridgehead atoms. The molecule has 7 heteroatoms. The topological polar surface area (TPSA) is 67.8 Å². The van der Waals surface area contributed by atoms with Gasteiger partial charge in [0.1, 0.15) is 24.5 Å². The molecule has 0 radical (unpaired) electrons. The van der Waals surface area contributed by atoms with E-state index in [2.05, 4.69) is 20.9 Å². The lowest BCUT2D eigenvalue weighted by atomic mass is 10.0. The number of nitrogens with zero attached hydrogens (tertiary/aromatic N) is 4. The van der Waals surface area contributed by atoms with Crippen LogP contribution in [-0.2, 0) is 17.8 Å². The number of ether oxygens (including phenoxy) is 2. The van der Waals surface area contributed by atoms with Gasteiger partial charge in [0.2, 0.25) is 0 Å². The third kappa shape index (κ3) is 3.16. The molecule has 2 aliphatic rings. The summed E-state index contributed by atoms with van der Waals surface area (Å²) in [6, 6.07) is 8.08. The van der Waals surface area contributed by atoms with Crippen LogP contribution >= 0.6 is 0 Å². The monoisotopic (exact) mass is 354 g/mol. The van der Waals surface area contributed by atoms with Gasteiger partial charge in [0.15, 0.2) is 0 Å². The third-order valence-electron chi connectivity index (χ3n) is 4.82. The number of fused-ring (bicyclic) bond motifs is 2. The highest BCUT2D eigenvalue weighted by Crippen LogP contribution is 2.31. The zero-order valence-electron chi connectivity index (χ0n) is 14.9. The van der Waals surface area contributed by atoms with Gasteiger partial charge >= 0.3 is 6.09 Å². The fraction of sp³-hybridized carbons (Fsp3) is 0.421. The normalized spacial score (nSPS) is 16.2. The Hall–Kier alpha value is -2.83. The first-order chi connectivity index (χ1) is 12.8. The molecule has 136 valence electrons. The molecule has 0 N–H and O–H groups in total. The maximum atomic E-state index is 11.9. The van der Waals surface area contributed by atoms with Crippen LogP contribution in [0.15, 0.2) is 30.6 Å². The first kappa shape index (κ1) is 16.6. The summed E-state index contributed by atoms with van der Waals surface area (Å²) in [7, 11) is 0. The van der Waals surface area contributed by atoms with Crippen molar-refractivity contribution in [1.82, 2.24) is 14.9 Å². The van der Waals surface area contributed by atoms with Crippen LogP contribution in [0.4, 0.5) is 10.6 Å². The Balaban J connectivity index is 1.56. The van der Waals surface area contributed by atoms with Crippen molar-refractivity contribution in [3.05, 3.63) is 47.4 Å². The van der Waals surface area contributed by atoms with Crippen molar-refractivity contribution in [2.45, 2.75) is 20.0 Å². The Labute approximate surface area is 152 Å².